The molecule has 2 rings (SSSR count). The highest BCUT2D eigenvalue weighted by Crippen LogP contribution is 2.27. The molecule has 0 bridgehead atoms. The number of Topliss-reactive ketones (excluding diaryl/α,β-unsaturated/α-hetero) is 1. The summed E-state index contributed by atoms with van der Waals surface area (Å²) in [5.41, 5.74) is 0. The second kappa shape index (κ2) is 3.62. The Labute approximate surface area is 82.8 Å². The van der Waals surface area contributed by atoms with Crippen molar-refractivity contribution in [1.29, 1.82) is 0 Å². The highest BCUT2D eigenvalue weighted by molar-refractivity contribution is 7.11. The molecule has 1 aromatic heterocycles. The third kappa shape index (κ3) is 1.99. The summed E-state index contributed by atoms with van der Waals surface area (Å²) in [6.07, 6.45) is 4.01. The number of hydrogen-bond acceptors (Lipinski definition) is 2. The number of ketones is 1. The maximum Gasteiger partial charge on any atom is 0.136 e. The van der Waals surface area contributed by atoms with Crippen LogP contribution in [0.3, 0.4) is 0 Å². The van der Waals surface area contributed by atoms with Gasteiger partial charge >= 0.3 is 0 Å². The van der Waals surface area contributed by atoms with Crippen LogP contribution >= 0.6 is 11.3 Å². The smallest absolute Gasteiger partial charge is 0.136 e. The van der Waals surface area contributed by atoms with Crippen LogP contribution in [0.15, 0.2) is 12.1 Å². The van der Waals surface area contributed by atoms with E-state index in [0.717, 1.165) is 25.7 Å². The molecule has 1 aliphatic carbocycles. The molecule has 1 nitrogen and oxygen atoms in total. The van der Waals surface area contributed by atoms with E-state index < -0.39 is 0 Å². The van der Waals surface area contributed by atoms with Gasteiger partial charge in [0, 0.05) is 22.1 Å². The Morgan fingerprint density at radius 2 is 2.38 bits per heavy atom. The minimum Gasteiger partial charge on any atom is -0.299 e. The van der Waals surface area contributed by atoms with Crippen molar-refractivity contribution in [2.24, 2.45) is 5.92 Å². The topological polar surface area (TPSA) is 17.1 Å². The fourth-order valence-electron chi connectivity index (χ4n) is 1.94. The van der Waals surface area contributed by atoms with Crippen LogP contribution in [-0.2, 0) is 11.2 Å². The molecule has 1 heterocycles. The van der Waals surface area contributed by atoms with Crippen molar-refractivity contribution in [3.63, 3.8) is 0 Å². The van der Waals surface area contributed by atoms with E-state index in [0.29, 0.717) is 11.7 Å². The lowest BCUT2D eigenvalue weighted by Gasteiger charge is -2.04. The quantitative estimate of drug-likeness (QED) is 0.707. The molecule has 0 spiro atoms. The monoisotopic (exact) mass is 194 g/mol. The van der Waals surface area contributed by atoms with Crippen molar-refractivity contribution in [2.75, 3.05) is 0 Å². The first kappa shape index (κ1) is 8.95. The molecular weight excluding hydrogens is 180 g/mol. The first-order valence-electron chi connectivity index (χ1n) is 4.84. The van der Waals surface area contributed by atoms with Crippen LogP contribution in [0.25, 0.3) is 0 Å². The first-order chi connectivity index (χ1) is 6.25. The van der Waals surface area contributed by atoms with Gasteiger partial charge in [0.05, 0.1) is 0 Å². The van der Waals surface area contributed by atoms with Gasteiger partial charge in [-0.3, -0.25) is 4.79 Å². The van der Waals surface area contributed by atoms with Crippen LogP contribution in [-0.4, -0.2) is 5.78 Å². The fourth-order valence-corrected chi connectivity index (χ4v) is 2.91. The van der Waals surface area contributed by atoms with E-state index in [4.69, 9.17) is 0 Å². The first-order valence-corrected chi connectivity index (χ1v) is 5.65. The summed E-state index contributed by atoms with van der Waals surface area (Å²) in [6, 6.07) is 4.30. The van der Waals surface area contributed by atoms with Crippen molar-refractivity contribution in [3.05, 3.63) is 21.9 Å². The van der Waals surface area contributed by atoms with Crippen LogP contribution in [0.2, 0.25) is 0 Å². The van der Waals surface area contributed by atoms with Gasteiger partial charge in [-0.15, -0.1) is 11.3 Å². The molecule has 1 aromatic rings. The molecule has 0 N–H and O–H groups in total. The molecule has 0 aliphatic heterocycles. The molecule has 1 aliphatic rings. The standard InChI is InChI=1S/C11H14OS/c1-8-5-6-10(13-8)7-9-3-2-4-11(9)12/h5-6,9H,2-4,7H2,1H3. The van der Waals surface area contributed by atoms with Crippen LogP contribution in [0.5, 0.6) is 0 Å². The van der Waals surface area contributed by atoms with Crippen LogP contribution in [0.1, 0.15) is 29.0 Å². The number of thiophene rings is 1. The Morgan fingerprint density at radius 1 is 1.54 bits per heavy atom. The van der Waals surface area contributed by atoms with E-state index >= 15 is 0 Å². The van der Waals surface area contributed by atoms with Gasteiger partial charge in [-0.1, -0.05) is 0 Å². The maximum absolute atomic E-state index is 11.4. The zero-order valence-electron chi connectivity index (χ0n) is 7.88. The van der Waals surface area contributed by atoms with Crippen molar-refractivity contribution < 1.29 is 4.79 Å². The van der Waals surface area contributed by atoms with Gasteiger partial charge < -0.3 is 0 Å². The van der Waals surface area contributed by atoms with Gasteiger partial charge in [0.15, 0.2) is 0 Å². The average molecular weight is 194 g/mol. The predicted octanol–water partition coefficient (Wildman–Crippen LogP) is 2.97. The van der Waals surface area contributed by atoms with Gasteiger partial charge in [-0.25, -0.2) is 0 Å². The van der Waals surface area contributed by atoms with E-state index in [2.05, 4.69) is 19.1 Å². The van der Waals surface area contributed by atoms with Crippen molar-refractivity contribution in [1.82, 2.24) is 0 Å². The molecule has 0 amide bonds. The molecule has 1 fully saturated rings. The van der Waals surface area contributed by atoms with Gasteiger partial charge in [-0.2, -0.15) is 0 Å². The molecular formula is C11H14OS. The minimum atomic E-state index is 0.332. The van der Waals surface area contributed by atoms with E-state index in [9.17, 15) is 4.79 Å². The summed E-state index contributed by atoms with van der Waals surface area (Å²) in [5, 5.41) is 0. The van der Waals surface area contributed by atoms with Crippen molar-refractivity contribution >= 4 is 17.1 Å². The molecule has 0 saturated heterocycles. The van der Waals surface area contributed by atoms with Crippen LogP contribution in [0.4, 0.5) is 0 Å². The third-order valence-electron chi connectivity index (χ3n) is 2.67. The lowest BCUT2D eigenvalue weighted by atomic mass is 10.0. The Balaban J connectivity index is 2.01. The highest BCUT2D eigenvalue weighted by Gasteiger charge is 2.24. The number of carbonyl (C=O) groups is 1. The summed E-state index contributed by atoms with van der Waals surface area (Å²) in [5.74, 6) is 0.809. The number of aryl methyl sites for hydroxylation is 1. The summed E-state index contributed by atoms with van der Waals surface area (Å²) in [6.45, 7) is 2.12. The van der Waals surface area contributed by atoms with Crippen molar-refractivity contribution in [2.45, 2.75) is 32.6 Å². The number of rotatable bonds is 2. The molecule has 0 aromatic carbocycles. The maximum atomic E-state index is 11.4. The zero-order valence-corrected chi connectivity index (χ0v) is 8.69. The Hall–Kier alpha value is -0.630. The van der Waals surface area contributed by atoms with E-state index in [1.165, 1.54) is 9.75 Å². The van der Waals surface area contributed by atoms with E-state index in [-0.39, 0.29) is 0 Å². The second-order valence-electron chi connectivity index (χ2n) is 3.77. The summed E-state index contributed by atoms with van der Waals surface area (Å²) in [7, 11) is 0. The molecule has 1 saturated carbocycles. The summed E-state index contributed by atoms with van der Waals surface area (Å²) < 4.78 is 0. The minimum absolute atomic E-state index is 0.332. The number of hydrogen-bond donors (Lipinski definition) is 0. The highest BCUT2D eigenvalue weighted by atomic mass is 32.1. The second-order valence-corrected chi connectivity index (χ2v) is 5.14. The van der Waals surface area contributed by atoms with Gasteiger partial charge in [0.1, 0.15) is 5.78 Å². The summed E-state index contributed by atoms with van der Waals surface area (Å²) >= 11 is 1.82. The Morgan fingerprint density at radius 3 is 2.92 bits per heavy atom. The van der Waals surface area contributed by atoms with Gasteiger partial charge in [0.2, 0.25) is 0 Å². The SMILES string of the molecule is Cc1ccc(CC2CCCC2=O)s1. The molecule has 70 valence electrons. The Bertz CT molecular complexity index is 314. The van der Waals surface area contributed by atoms with E-state index in [1.54, 1.807) is 0 Å². The zero-order chi connectivity index (χ0) is 9.26. The van der Waals surface area contributed by atoms with Gasteiger partial charge in [0.25, 0.3) is 0 Å². The fraction of sp³-hybridized carbons (Fsp3) is 0.545. The number of carbonyl (C=O) groups excluding carboxylic acids is 1. The molecule has 13 heavy (non-hydrogen) atoms. The largest absolute Gasteiger partial charge is 0.299 e. The van der Waals surface area contributed by atoms with Gasteiger partial charge in [-0.05, 0) is 38.3 Å². The van der Waals surface area contributed by atoms with Crippen molar-refractivity contribution in [3.8, 4) is 0 Å². The normalized spacial score (nSPS) is 22.5. The average Bonchev–Trinajstić information content (AvgIpc) is 2.64. The predicted molar refractivity (Wildman–Crippen MR) is 55.1 cm³/mol. The lowest BCUT2D eigenvalue weighted by molar-refractivity contribution is -0.120. The molecule has 1 atom stereocenters. The molecule has 0 radical (unpaired) electrons. The van der Waals surface area contributed by atoms with E-state index in [1.807, 2.05) is 11.3 Å². The summed E-state index contributed by atoms with van der Waals surface area (Å²) in [4.78, 5) is 14.1. The third-order valence-corrected chi connectivity index (χ3v) is 3.70. The Kier molecular flexibility index (Phi) is 2.49. The lowest BCUT2D eigenvalue weighted by Crippen LogP contribution is -2.08. The molecule has 1 unspecified atom stereocenters. The molecule has 2 heteroatoms. The van der Waals surface area contributed by atoms with Crippen LogP contribution < -0.4 is 0 Å². The van der Waals surface area contributed by atoms with Crippen LogP contribution in [0, 0.1) is 12.8 Å².